The van der Waals surface area contributed by atoms with Crippen LogP contribution in [0.3, 0.4) is 0 Å². The number of fused-ring (bicyclic) bond motifs is 2. The van der Waals surface area contributed by atoms with E-state index in [4.69, 9.17) is 0 Å². The van der Waals surface area contributed by atoms with Crippen LogP contribution in [0, 0.1) is 5.41 Å². The molecule has 6 heteroatoms. The Bertz CT molecular complexity index is 674. The van der Waals surface area contributed by atoms with Crippen molar-refractivity contribution in [2.24, 2.45) is 15.6 Å². The van der Waals surface area contributed by atoms with Crippen molar-refractivity contribution in [3.8, 4) is 0 Å². The van der Waals surface area contributed by atoms with Crippen LogP contribution in [0.15, 0.2) is 44.4 Å². The number of amides is 2. The van der Waals surface area contributed by atoms with E-state index in [1.807, 2.05) is 26.8 Å². The Kier molecular flexibility index (Phi) is 2.86. The lowest BCUT2D eigenvalue weighted by molar-refractivity contribution is -0.129. The summed E-state index contributed by atoms with van der Waals surface area (Å²) in [6, 6.07) is -0.626. The first-order valence-corrected chi connectivity index (χ1v) is 6.96. The monoisotopic (exact) mass is 286 g/mol. The molecule has 3 rings (SSSR count). The maximum atomic E-state index is 12.4. The zero-order valence-electron chi connectivity index (χ0n) is 12.6. The molecule has 0 spiro atoms. The lowest BCUT2D eigenvalue weighted by atomic mass is 9.86. The van der Waals surface area contributed by atoms with Crippen molar-refractivity contribution in [1.82, 2.24) is 10.6 Å². The fourth-order valence-electron chi connectivity index (χ4n) is 2.56. The zero-order valence-corrected chi connectivity index (χ0v) is 12.6. The van der Waals surface area contributed by atoms with Crippen molar-refractivity contribution in [3.63, 3.8) is 0 Å². The van der Waals surface area contributed by atoms with E-state index in [1.54, 1.807) is 7.05 Å². The quantitative estimate of drug-likeness (QED) is 0.825. The normalized spacial score (nSPS) is 20.1. The fraction of sp³-hybridized carbons (Fsp3) is 0.467. The van der Waals surface area contributed by atoms with Gasteiger partial charge in [0.1, 0.15) is 6.04 Å². The number of rotatable bonds is 3. The van der Waals surface area contributed by atoms with Gasteiger partial charge in [-0.15, -0.1) is 10.2 Å². The molecule has 0 aromatic heterocycles. The molecule has 110 valence electrons. The highest BCUT2D eigenvalue weighted by Gasteiger charge is 2.40. The number of nitrogens with zero attached hydrogens (tertiary/aromatic N) is 2. The number of azo groups is 1. The van der Waals surface area contributed by atoms with Crippen LogP contribution in [-0.2, 0) is 9.59 Å². The molecule has 0 unspecified atom stereocenters. The number of nitrogens with one attached hydrogen (secondary N) is 2. The summed E-state index contributed by atoms with van der Waals surface area (Å²) in [6.07, 6.45) is 2.92. The van der Waals surface area contributed by atoms with Gasteiger partial charge in [0.05, 0.1) is 5.70 Å². The van der Waals surface area contributed by atoms with Crippen molar-refractivity contribution in [1.29, 1.82) is 0 Å². The molecule has 2 aliphatic carbocycles. The van der Waals surface area contributed by atoms with Gasteiger partial charge in [0.2, 0.25) is 5.91 Å². The second-order valence-electron chi connectivity index (χ2n) is 6.52. The standard InChI is InChI=1S/C15H18N4O2/c1-15(2,3)12(14(21)16-4)17-13(20)11-9-6-7-5-8(7)10(9)18-19-11/h6,12H,5H2,1-4H3,(H,16,21)(H,17,20)/t12-/m1/s1. The van der Waals surface area contributed by atoms with E-state index < -0.39 is 11.5 Å². The number of carbonyl (C=O) groups is 2. The van der Waals surface area contributed by atoms with Gasteiger partial charge >= 0.3 is 0 Å². The fourth-order valence-corrected chi connectivity index (χ4v) is 2.56. The molecule has 0 aromatic rings. The largest absolute Gasteiger partial charge is 0.357 e. The summed E-state index contributed by atoms with van der Waals surface area (Å²) < 4.78 is 0. The molecule has 1 atom stereocenters. The highest BCUT2D eigenvalue weighted by molar-refractivity contribution is 5.99. The molecule has 6 nitrogen and oxygen atoms in total. The number of carbonyl (C=O) groups excluding carboxylic acids is 2. The molecule has 2 N–H and O–H groups in total. The number of likely N-dealkylation sites (N-methyl/N-ethyl adjacent to an activating group) is 1. The molecule has 1 saturated carbocycles. The maximum absolute atomic E-state index is 12.4. The van der Waals surface area contributed by atoms with Crippen LogP contribution in [0.4, 0.5) is 0 Å². The highest BCUT2D eigenvalue weighted by Crippen LogP contribution is 2.51. The smallest absolute Gasteiger partial charge is 0.273 e. The van der Waals surface area contributed by atoms with E-state index in [0.717, 1.165) is 17.7 Å². The Morgan fingerprint density at radius 1 is 1.29 bits per heavy atom. The molecule has 2 amide bonds. The predicted molar refractivity (Wildman–Crippen MR) is 77.1 cm³/mol. The lowest BCUT2D eigenvalue weighted by Gasteiger charge is -2.29. The summed E-state index contributed by atoms with van der Waals surface area (Å²) in [4.78, 5) is 24.4. The molecule has 1 aliphatic heterocycles. The minimum Gasteiger partial charge on any atom is -0.357 e. The van der Waals surface area contributed by atoms with Gasteiger partial charge in [0.25, 0.3) is 5.91 Å². The van der Waals surface area contributed by atoms with Gasteiger partial charge in [0.15, 0.2) is 5.70 Å². The van der Waals surface area contributed by atoms with Gasteiger partial charge in [-0.1, -0.05) is 20.8 Å². The average molecular weight is 286 g/mol. The average Bonchev–Trinajstić information content (AvgIpc) is 2.89. The molecule has 3 aliphatic rings. The molecule has 0 bridgehead atoms. The Balaban J connectivity index is 1.82. The van der Waals surface area contributed by atoms with Gasteiger partial charge in [-0.25, -0.2) is 0 Å². The third-order valence-corrected chi connectivity index (χ3v) is 3.86. The van der Waals surface area contributed by atoms with E-state index in [2.05, 4.69) is 20.9 Å². The second kappa shape index (κ2) is 4.38. The van der Waals surface area contributed by atoms with Gasteiger partial charge < -0.3 is 10.6 Å². The first-order valence-electron chi connectivity index (χ1n) is 6.96. The van der Waals surface area contributed by atoms with Crippen LogP contribution >= 0.6 is 0 Å². The zero-order chi connectivity index (χ0) is 15.4. The molecule has 1 heterocycles. The van der Waals surface area contributed by atoms with Crippen molar-refractivity contribution >= 4 is 11.8 Å². The summed E-state index contributed by atoms with van der Waals surface area (Å²) in [5, 5.41) is 13.4. The topological polar surface area (TPSA) is 82.9 Å². The number of allylic oxidation sites excluding steroid dienone is 3. The van der Waals surface area contributed by atoms with Crippen molar-refractivity contribution < 1.29 is 9.59 Å². The lowest BCUT2D eigenvalue weighted by Crippen LogP contribution is -2.53. The van der Waals surface area contributed by atoms with E-state index >= 15 is 0 Å². The maximum Gasteiger partial charge on any atom is 0.273 e. The Morgan fingerprint density at radius 3 is 2.62 bits per heavy atom. The van der Waals surface area contributed by atoms with E-state index in [-0.39, 0.29) is 11.8 Å². The predicted octanol–water partition coefficient (Wildman–Crippen LogP) is 1.58. The van der Waals surface area contributed by atoms with Crippen LogP contribution in [0.25, 0.3) is 0 Å². The Morgan fingerprint density at radius 2 is 2.00 bits per heavy atom. The van der Waals surface area contributed by atoms with Gasteiger partial charge in [-0.2, -0.15) is 0 Å². The van der Waals surface area contributed by atoms with Crippen molar-refractivity contribution in [2.45, 2.75) is 33.2 Å². The molecular weight excluding hydrogens is 268 g/mol. The molecular formula is C15H18N4O2. The van der Waals surface area contributed by atoms with Crippen molar-refractivity contribution in [2.75, 3.05) is 7.05 Å². The van der Waals surface area contributed by atoms with E-state index in [9.17, 15) is 9.59 Å². The Labute approximate surface area is 123 Å². The van der Waals surface area contributed by atoms with Gasteiger partial charge in [-0.3, -0.25) is 9.59 Å². The highest BCUT2D eigenvalue weighted by atomic mass is 16.2. The van der Waals surface area contributed by atoms with Crippen LogP contribution < -0.4 is 10.6 Å². The van der Waals surface area contributed by atoms with Crippen molar-refractivity contribution in [3.05, 3.63) is 34.2 Å². The molecule has 0 radical (unpaired) electrons. The second-order valence-corrected chi connectivity index (χ2v) is 6.52. The van der Waals surface area contributed by atoms with Crippen LogP contribution in [0.1, 0.15) is 27.2 Å². The SMILES string of the molecule is CNC(=O)[C@@H](NC(=O)C1=C2C=C3CC3=C2N=N1)C(C)(C)C. The van der Waals surface area contributed by atoms with Gasteiger partial charge in [-0.05, 0) is 22.6 Å². The molecule has 0 saturated heterocycles. The first kappa shape index (κ1) is 13.7. The Hall–Kier alpha value is -2.24. The number of hydrogen-bond donors (Lipinski definition) is 2. The van der Waals surface area contributed by atoms with E-state index in [0.29, 0.717) is 5.70 Å². The number of hydrogen-bond acceptors (Lipinski definition) is 4. The summed E-state index contributed by atoms with van der Waals surface area (Å²) in [5.41, 5.74) is 3.94. The van der Waals surface area contributed by atoms with Crippen LogP contribution in [0.5, 0.6) is 0 Å². The summed E-state index contributed by atoms with van der Waals surface area (Å²) in [6.45, 7) is 5.71. The summed E-state index contributed by atoms with van der Waals surface area (Å²) >= 11 is 0. The van der Waals surface area contributed by atoms with Crippen LogP contribution in [-0.4, -0.2) is 24.9 Å². The summed E-state index contributed by atoms with van der Waals surface area (Å²) in [7, 11) is 1.56. The summed E-state index contributed by atoms with van der Waals surface area (Å²) in [5.74, 6) is -0.575. The van der Waals surface area contributed by atoms with Crippen LogP contribution in [0.2, 0.25) is 0 Å². The molecule has 21 heavy (non-hydrogen) atoms. The third-order valence-electron chi connectivity index (χ3n) is 3.86. The molecule has 0 aromatic carbocycles. The third kappa shape index (κ3) is 2.20. The first-order chi connectivity index (χ1) is 9.82. The molecule has 1 fully saturated rings. The minimum absolute atomic E-state index is 0.220. The minimum atomic E-state index is -0.626. The van der Waals surface area contributed by atoms with Gasteiger partial charge in [0, 0.05) is 19.0 Å². The van der Waals surface area contributed by atoms with E-state index in [1.165, 1.54) is 11.1 Å².